The highest BCUT2D eigenvalue weighted by atomic mass is 19.3. The van der Waals surface area contributed by atoms with Crippen molar-refractivity contribution < 1.29 is 46.5 Å². The first-order chi connectivity index (χ1) is 20.3. The van der Waals surface area contributed by atoms with Gasteiger partial charge >= 0.3 is 18.7 Å². The maximum absolute atomic E-state index is 13.8. The second kappa shape index (κ2) is 13.1. The molecule has 12 nitrogen and oxygen atoms in total. The summed E-state index contributed by atoms with van der Waals surface area (Å²) in [6.07, 6.45) is 1.25. The number of carbonyl (C=O) groups excluding carboxylic acids is 3. The lowest BCUT2D eigenvalue weighted by molar-refractivity contribution is -0.148. The lowest BCUT2D eigenvalue weighted by atomic mass is 10.1. The Labute approximate surface area is 248 Å². The van der Waals surface area contributed by atoms with E-state index in [-0.39, 0.29) is 35.4 Å². The molecular weight excluding hydrogens is 570 g/mol. The number of amides is 2. The number of methoxy groups -OCH3 is 1. The van der Waals surface area contributed by atoms with Gasteiger partial charge in [0.25, 0.3) is 5.91 Å². The monoisotopic (exact) mass is 608 g/mol. The molecule has 1 saturated heterocycles. The Hall–Kier alpha value is -3.94. The van der Waals surface area contributed by atoms with Crippen molar-refractivity contribution in [3.63, 3.8) is 0 Å². The molecule has 0 spiro atoms. The highest BCUT2D eigenvalue weighted by molar-refractivity contribution is 5.94. The van der Waals surface area contributed by atoms with Crippen molar-refractivity contribution in [3.8, 4) is 23.0 Å². The van der Waals surface area contributed by atoms with E-state index in [2.05, 4.69) is 15.0 Å². The van der Waals surface area contributed by atoms with E-state index in [4.69, 9.17) is 18.6 Å². The lowest BCUT2D eigenvalue weighted by Gasteiger charge is -2.37. The third-order valence-electron chi connectivity index (χ3n) is 6.97. The molecule has 2 fully saturated rings. The Morgan fingerprint density at radius 1 is 1.16 bits per heavy atom. The minimum atomic E-state index is -3.05. The number of nitrogens with zero attached hydrogens (tertiary/aromatic N) is 3. The van der Waals surface area contributed by atoms with Crippen LogP contribution in [0, 0.1) is 5.92 Å². The van der Waals surface area contributed by atoms with E-state index < -0.39 is 42.3 Å². The number of hydrogen-bond donors (Lipinski definition) is 1. The van der Waals surface area contributed by atoms with Crippen LogP contribution in [0.1, 0.15) is 62.8 Å². The minimum absolute atomic E-state index is 0.00490. The van der Waals surface area contributed by atoms with Gasteiger partial charge in [-0.25, -0.2) is 9.78 Å². The molecule has 1 N–H and O–H groups in total. The molecule has 2 aliphatic rings. The summed E-state index contributed by atoms with van der Waals surface area (Å²) < 4.78 is 52.8. The van der Waals surface area contributed by atoms with Gasteiger partial charge in [-0.1, -0.05) is 0 Å². The number of rotatable bonds is 10. The van der Waals surface area contributed by atoms with Gasteiger partial charge in [0, 0.05) is 25.2 Å². The number of alkyl carbamates (subject to hydrolysis) is 1. The summed E-state index contributed by atoms with van der Waals surface area (Å²) in [6.45, 7) is 4.80. The number of hydrogen-bond acceptors (Lipinski definition) is 10. The molecule has 2 heterocycles. The third kappa shape index (κ3) is 8.33. The zero-order valence-electron chi connectivity index (χ0n) is 25.1. The Balaban J connectivity index is 1.68. The van der Waals surface area contributed by atoms with Gasteiger partial charge in [-0.2, -0.15) is 8.78 Å². The zero-order chi connectivity index (χ0) is 31.5. The standard InChI is InChI=1S/C29H38F2N4O8/c1-16(32-28(38)43-29(2,3)4)23-22(25(36)35-12-11-34(5)19(14-35)26(37)39-6)33-24(42-23)18-9-10-20(41-27(30)31)21(13-18)40-15-17-7-8-17/h9-10,13,16-17,19,27H,7-8,11-12,14-15H2,1-6H3,(H,32,38)/t16-,19?/m0/s1. The maximum Gasteiger partial charge on any atom is 0.408 e. The van der Waals surface area contributed by atoms with Crippen LogP contribution < -0.4 is 14.8 Å². The summed E-state index contributed by atoms with van der Waals surface area (Å²) >= 11 is 0. The molecular formula is C29H38F2N4O8. The molecule has 43 heavy (non-hydrogen) atoms. The first kappa shape index (κ1) is 32.0. The number of likely N-dealkylation sites (N-methyl/N-ethyl adjacent to an activating group) is 1. The zero-order valence-corrected chi connectivity index (χ0v) is 25.1. The van der Waals surface area contributed by atoms with Crippen LogP contribution >= 0.6 is 0 Å². The number of aromatic nitrogens is 1. The van der Waals surface area contributed by atoms with E-state index in [9.17, 15) is 23.2 Å². The number of nitrogens with one attached hydrogen (secondary N) is 1. The van der Waals surface area contributed by atoms with Crippen molar-refractivity contribution in [2.75, 3.05) is 40.4 Å². The molecule has 2 aromatic rings. The summed E-state index contributed by atoms with van der Waals surface area (Å²) in [5, 5.41) is 2.66. The molecule has 2 amide bonds. The SMILES string of the molecule is COC(=O)C1CN(C(=O)c2nc(-c3ccc(OC(F)F)c(OCC4CC4)c3)oc2[C@H](C)NC(=O)OC(C)(C)C)CCN1C. The minimum Gasteiger partial charge on any atom is -0.489 e. The van der Waals surface area contributed by atoms with Crippen molar-refractivity contribution >= 4 is 18.0 Å². The van der Waals surface area contributed by atoms with Crippen molar-refractivity contribution in [2.24, 2.45) is 5.92 Å². The van der Waals surface area contributed by atoms with Crippen LogP contribution in [-0.2, 0) is 14.3 Å². The van der Waals surface area contributed by atoms with Gasteiger partial charge in [0.05, 0.1) is 19.8 Å². The van der Waals surface area contributed by atoms with Crippen LogP contribution in [0.15, 0.2) is 22.6 Å². The molecule has 14 heteroatoms. The molecule has 1 aliphatic heterocycles. The third-order valence-corrected chi connectivity index (χ3v) is 6.97. The number of benzene rings is 1. The first-order valence-electron chi connectivity index (χ1n) is 14.0. The van der Waals surface area contributed by atoms with Crippen LogP contribution in [0.5, 0.6) is 11.5 Å². The predicted octanol–water partition coefficient (Wildman–Crippen LogP) is 4.25. The van der Waals surface area contributed by atoms with E-state index in [1.54, 1.807) is 39.6 Å². The normalized spacial score (nSPS) is 18.3. The Kier molecular flexibility index (Phi) is 9.78. The van der Waals surface area contributed by atoms with Crippen LogP contribution in [0.2, 0.25) is 0 Å². The number of ether oxygens (including phenoxy) is 4. The summed E-state index contributed by atoms with van der Waals surface area (Å²) in [5.41, 5.74) is -0.514. The van der Waals surface area contributed by atoms with Gasteiger partial charge in [0.1, 0.15) is 11.6 Å². The Bertz CT molecular complexity index is 1320. The van der Waals surface area contributed by atoms with Crippen molar-refractivity contribution in [3.05, 3.63) is 29.7 Å². The van der Waals surface area contributed by atoms with Gasteiger partial charge in [0.2, 0.25) is 5.89 Å². The van der Waals surface area contributed by atoms with E-state index in [0.717, 1.165) is 12.8 Å². The summed E-state index contributed by atoms with van der Waals surface area (Å²) in [4.78, 5) is 46.5. The molecule has 2 atom stereocenters. The van der Waals surface area contributed by atoms with Crippen LogP contribution in [0.25, 0.3) is 11.5 Å². The number of esters is 1. The quantitative estimate of drug-likeness (QED) is 0.391. The fourth-order valence-corrected chi connectivity index (χ4v) is 4.49. The average Bonchev–Trinajstić information content (AvgIpc) is 3.65. The lowest BCUT2D eigenvalue weighted by Crippen LogP contribution is -2.56. The number of halogens is 2. The van der Waals surface area contributed by atoms with Crippen LogP contribution in [0.3, 0.4) is 0 Å². The second-order valence-electron chi connectivity index (χ2n) is 11.7. The number of carbonyl (C=O) groups is 3. The molecule has 1 aromatic carbocycles. The van der Waals surface area contributed by atoms with Crippen LogP contribution in [0.4, 0.5) is 13.6 Å². The molecule has 1 unspecified atom stereocenters. The van der Waals surface area contributed by atoms with E-state index in [1.165, 1.54) is 30.2 Å². The van der Waals surface area contributed by atoms with Gasteiger partial charge in [-0.05, 0) is 71.7 Å². The molecule has 236 valence electrons. The number of oxazole rings is 1. The molecule has 4 rings (SSSR count). The molecule has 0 radical (unpaired) electrons. The Morgan fingerprint density at radius 3 is 2.51 bits per heavy atom. The van der Waals surface area contributed by atoms with Gasteiger partial charge in [-0.15, -0.1) is 0 Å². The van der Waals surface area contributed by atoms with E-state index in [0.29, 0.717) is 31.2 Å². The number of alkyl halides is 2. The van der Waals surface area contributed by atoms with E-state index >= 15 is 0 Å². The summed E-state index contributed by atoms with van der Waals surface area (Å²) in [6, 6.07) is 2.70. The van der Waals surface area contributed by atoms with Crippen LogP contribution in [-0.4, -0.2) is 91.4 Å². The van der Waals surface area contributed by atoms with Crippen molar-refractivity contribution in [1.82, 2.24) is 20.1 Å². The fourth-order valence-electron chi connectivity index (χ4n) is 4.49. The fraction of sp³-hybridized carbons (Fsp3) is 0.586. The molecule has 1 saturated carbocycles. The number of piperazine rings is 1. The first-order valence-corrected chi connectivity index (χ1v) is 14.0. The molecule has 1 aliphatic carbocycles. The summed E-state index contributed by atoms with van der Waals surface area (Å²) in [7, 11) is 3.05. The molecule has 1 aromatic heterocycles. The van der Waals surface area contributed by atoms with E-state index in [1.807, 2.05) is 0 Å². The van der Waals surface area contributed by atoms with Gasteiger partial charge < -0.3 is 33.6 Å². The topological polar surface area (TPSA) is 133 Å². The summed E-state index contributed by atoms with van der Waals surface area (Å²) in [5.74, 6) is -0.676. The Morgan fingerprint density at radius 2 is 1.88 bits per heavy atom. The second-order valence-corrected chi connectivity index (χ2v) is 11.7. The average molecular weight is 609 g/mol. The van der Waals surface area contributed by atoms with Crippen molar-refractivity contribution in [2.45, 2.75) is 64.8 Å². The smallest absolute Gasteiger partial charge is 0.408 e. The maximum atomic E-state index is 13.8. The highest BCUT2D eigenvalue weighted by Gasteiger charge is 2.37. The van der Waals surface area contributed by atoms with Gasteiger partial charge in [0.15, 0.2) is 23.0 Å². The molecule has 0 bridgehead atoms. The predicted molar refractivity (Wildman–Crippen MR) is 149 cm³/mol. The van der Waals surface area contributed by atoms with Gasteiger partial charge in [-0.3, -0.25) is 14.5 Å². The van der Waals surface area contributed by atoms with Crippen molar-refractivity contribution in [1.29, 1.82) is 0 Å². The largest absolute Gasteiger partial charge is 0.489 e. The highest BCUT2D eigenvalue weighted by Crippen LogP contribution is 2.37.